The zero-order chi connectivity index (χ0) is 19.1. The first kappa shape index (κ1) is 18.8. The summed E-state index contributed by atoms with van der Waals surface area (Å²) >= 11 is 1.12. The van der Waals surface area contributed by atoms with E-state index in [2.05, 4.69) is 20.5 Å². The van der Waals surface area contributed by atoms with Gasteiger partial charge < -0.3 is 9.73 Å². The molecular formula is C19H18N4O3S. The Balaban J connectivity index is 1.54. The molecule has 0 bridgehead atoms. The SMILES string of the molecule is CC(=O)C(Cc1ccccc1)NC(=O)CSc1nnc(-c2cccnc2)o1. The van der Waals surface area contributed by atoms with Crippen LogP contribution in [0.5, 0.6) is 0 Å². The minimum absolute atomic E-state index is 0.0766. The third-order valence-corrected chi connectivity index (χ3v) is 4.57. The van der Waals surface area contributed by atoms with Gasteiger partial charge in [-0.1, -0.05) is 42.1 Å². The lowest BCUT2D eigenvalue weighted by Gasteiger charge is -2.15. The van der Waals surface area contributed by atoms with Crippen molar-refractivity contribution >= 4 is 23.5 Å². The number of pyridine rings is 1. The summed E-state index contributed by atoms with van der Waals surface area (Å²) in [4.78, 5) is 28.1. The Hall–Kier alpha value is -3.00. The Kier molecular flexibility index (Phi) is 6.32. The van der Waals surface area contributed by atoms with Crippen LogP contribution in [0, 0.1) is 0 Å². The fourth-order valence-electron chi connectivity index (χ4n) is 2.38. The molecule has 7 nitrogen and oxygen atoms in total. The van der Waals surface area contributed by atoms with Gasteiger partial charge >= 0.3 is 0 Å². The number of nitrogens with one attached hydrogen (secondary N) is 1. The predicted octanol–water partition coefficient (Wildman–Crippen LogP) is 2.54. The molecule has 0 fully saturated rings. The van der Waals surface area contributed by atoms with Gasteiger partial charge in [0.05, 0.1) is 17.4 Å². The number of amides is 1. The smallest absolute Gasteiger partial charge is 0.277 e. The van der Waals surface area contributed by atoms with Crippen molar-refractivity contribution in [2.75, 3.05) is 5.75 Å². The third-order valence-electron chi connectivity index (χ3n) is 3.75. The quantitative estimate of drug-likeness (QED) is 0.598. The van der Waals surface area contributed by atoms with Crippen molar-refractivity contribution < 1.29 is 14.0 Å². The first-order chi connectivity index (χ1) is 13.1. The molecule has 3 rings (SSSR count). The number of thioether (sulfide) groups is 1. The number of rotatable bonds is 8. The lowest BCUT2D eigenvalue weighted by atomic mass is 10.0. The highest BCUT2D eigenvalue weighted by Crippen LogP contribution is 2.22. The van der Waals surface area contributed by atoms with Gasteiger partial charge in [-0.25, -0.2) is 0 Å². The van der Waals surface area contributed by atoms with Crippen LogP contribution in [0.15, 0.2) is 64.5 Å². The molecule has 1 unspecified atom stereocenters. The van der Waals surface area contributed by atoms with Gasteiger partial charge in [0.15, 0.2) is 5.78 Å². The van der Waals surface area contributed by atoms with E-state index in [9.17, 15) is 9.59 Å². The molecular weight excluding hydrogens is 364 g/mol. The number of Topliss-reactive ketones (excluding diaryl/α,β-unsaturated/α-hetero) is 1. The lowest BCUT2D eigenvalue weighted by Crippen LogP contribution is -2.42. The van der Waals surface area contributed by atoms with Crippen molar-refractivity contribution in [3.8, 4) is 11.5 Å². The summed E-state index contributed by atoms with van der Waals surface area (Å²) in [6, 6.07) is 12.6. The van der Waals surface area contributed by atoms with Crippen LogP contribution in [0.25, 0.3) is 11.5 Å². The fraction of sp³-hybridized carbons (Fsp3) is 0.211. The molecule has 0 aliphatic rings. The highest BCUT2D eigenvalue weighted by molar-refractivity contribution is 7.99. The molecule has 2 heterocycles. The molecule has 1 amide bonds. The van der Waals surface area contributed by atoms with Crippen LogP contribution in [0.1, 0.15) is 12.5 Å². The lowest BCUT2D eigenvalue weighted by molar-refractivity contribution is -0.125. The van der Waals surface area contributed by atoms with Gasteiger partial charge in [0.25, 0.3) is 5.22 Å². The number of hydrogen-bond acceptors (Lipinski definition) is 7. The van der Waals surface area contributed by atoms with Crippen LogP contribution in [-0.4, -0.2) is 38.7 Å². The topological polar surface area (TPSA) is 98.0 Å². The van der Waals surface area contributed by atoms with Gasteiger partial charge in [0.1, 0.15) is 0 Å². The number of aromatic nitrogens is 3. The zero-order valence-electron chi connectivity index (χ0n) is 14.7. The Morgan fingerprint density at radius 1 is 1.15 bits per heavy atom. The summed E-state index contributed by atoms with van der Waals surface area (Å²) < 4.78 is 5.52. The molecule has 27 heavy (non-hydrogen) atoms. The summed E-state index contributed by atoms with van der Waals surface area (Å²) in [5.41, 5.74) is 1.70. The average Bonchev–Trinajstić information content (AvgIpc) is 3.16. The Bertz CT molecular complexity index is 900. The number of ketones is 1. The molecule has 8 heteroatoms. The van der Waals surface area contributed by atoms with E-state index in [4.69, 9.17) is 4.42 Å². The Morgan fingerprint density at radius 2 is 1.96 bits per heavy atom. The van der Waals surface area contributed by atoms with Crippen molar-refractivity contribution in [3.05, 3.63) is 60.4 Å². The van der Waals surface area contributed by atoms with E-state index >= 15 is 0 Å². The summed E-state index contributed by atoms with van der Waals surface area (Å²) in [6.07, 6.45) is 3.73. The van der Waals surface area contributed by atoms with Gasteiger partial charge in [0.2, 0.25) is 11.8 Å². The summed E-state index contributed by atoms with van der Waals surface area (Å²) in [5, 5.41) is 10.9. The van der Waals surface area contributed by atoms with E-state index in [0.717, 1.165) is 17.3 Å². The molecule has 0 aliphatic heterocycles. The van der Waals surface area contributed by atoms with Crippen molar-refractivity contribution in [1.82, 2.24) is 20.5 Å². The Labute approximate surface area is 160 Å². The van der Waals surface area contributed by atoms with Crippen molar-refractivity contribution in [2.45, 2.75) is 24.6 Å². The van der Waals surface area contributed by atoms with E-state index in [1.54, 1.807) is 18.5 Å². The van der Waals surface area contributed by atoms with Gasteiger partial charge in [0, 0.05) is 12.4 Å². The monoisotopic (exact) mass is 382 g/mol. The zero-order valence-corrected chi connectivity index (χ0v) is 15.5. The van der Waals surface area contributed by atoms with Crippen molar-refractivity contribution in [2.24, 2.45) is 0 Å². The van der Waals surface area contributed by atoms with Crippen LogP contribution in [-0.2, 0) is 16.0 Å². The van der Waals surface area contributed by atoms with E-state index in [0.29, 0.717) is 17.9 Å². The van der Waals surface area contributed by atoms with Gasteiger partial charge in [-0.3, -0.25) is 14.6 Å². The minimum Gasteiger partial charge on any atom is -0.411 e. The number of benzene rings is 1. The Morgan fingerprint density at radius 3 is 2.67 bits per heavy atom. The van der Waals surface area contributed by atoms with Crippen molar-refractivity contribution in [1.29, 1.82) is 0 Å². The van der Waals surface area contributed by atoms with Crippen LogP contribution < -0.4 is 5.32 Å². The second-order valence-corrected chi connectivity index (χ2v) is 6.75. The average molecular weight is 382 g/mol. The molecule has 2 aromatic heterocycles. The largest absolute Gasteiger partial charge is 0.411 e. The maximum absolute atomic E-state index is 12.2. The minimum atomic E-state index is -0.561. The molecule has 0 radical (unpaired) electrons. The van der Waals surface area contributed by atoms with Crippen LogP contribution in [0.3, 0.4) is 0 Å². The molecule has 138 valence electrons. The fourth-order valence-corrected chi connectivity index (χ4v) is 2.96. The summed E-state index contributed by atoms with van der Waals surface area (Å²) in [6.45, 7) is 1.47. The van der Waals surface area contributed by atoms with Crippen molar-refractivity contribution in [3.63, 3.8) is 0 Å². The van der Waals surface area contributed by atoms with Gasteiger partial charge in [-0.05, 0) is 31.0 Å². The highest BCUT2D eigenvalue weighted by atomic mass is 32.2. The molecule has 1 aromatic carbocycles. The normalized spacial score (nSPS) is 11.7. The van der Waals surface area contributed by atoms with Gasteiger partial charge in [-0.15, -0.1) is 10.2 Å². The standard InChI is InChI=1S/C19H18N4O3S/c1-13(24)16(10-14-6-3-2-4-7-14)21-17(25)12-27-19-23-22-18(26-19)15-8-5-9-20-11-15/h2-9,11,16H,10,12H2,1H3,(H,21,25). The molecule has 1 atom stereocenters. The summed E-state index contributed by atoms with van der Waals surface area (Å²) in [7, 11) is 0. The maximum atomic E-state index is 12.2. The number of nitrogens with zero attached hydrogens (tertiary/aromatic N) is 3. The third kappa shape index (κ3) is 5.49. The van der Waals surface area contributed by atoms with E-state index < -0.39 is 6.04 Å². The molecule has 1 N–H and O–H groups in total. The number of hydrogen-bond donors (Lipinski definition) is 1. The molecule has 0 aliphatic carbocycles. The second kappa shape index (κ2) is 9.09. The van der Waals surface area contributed by atoms with Crippen LogP contribution in [0.2, 0.25) is 0 Å². The highest BCUT2D eigenvalue weighted by Gasteiger charge is 2.18. The van der Waals surface area contributed by atoms with Crippen LogP contribution in [0.4, 0.5) is 0 Å². The first-order valence-corrected chi connectivity index (χ1v) is 9.31. The van der Waals surface area contributed by atoms with E-state index in [1.807, 2.05) is 36.4 Å². The summed E-state index contributed by atoms with van der Waals surface area (Å²) in [5.74, 6) is 0.0653. The first-order valence-electron chi connectivity index (χ1n) is 8.32. The molecule has 3 aromatic rings. The number of carbonyl (C=O) groups excluding carboxylic acids is 2. The predicted molar refractivity (Wildman–Crippen MR) is 101 cm³/mol. The number of carbonyl (C=O) groups is 2. The van der Waals surface area contributed by atoms with Crippen LogP contribution >= 0.6 is 11.8 Å². The maximum Gasteiger partial charge on any atom is 0.277 e. The molecule has 0 saturated heterocycles. The van der Waals surface area contributed by atoms with Gasteiger partial charge in [-0.2, -0.15) is 0 Å². The van der Waals surface area contributed by atoms with E-state index in [-0.39, 0.29) is 22.7 Å². The molecule has 0 spiro atoms. The second-order valence-electron chi connectivity index (χ2n) is 5.82. The van der Waals surface area contributed by atoms with E-state index in [1.165, 1.54) is 6.92 Å². The molecule has 0 saturated carbocycles.